The van der Waals surface area contributed by atoms with Gasteiger partial charge in [0.05, 0.1) is 12.2 Å². The van der Waals surface area contributed by atoms with Gasteiger partial charge >= 0.3 is 5.97 Å². The van der Waals surface area contributed by atoms with E-state index in [-0.39, 0.29) is 5.56 Å². The second kappa shape index (κ2) is 8.56. The van der Waals surface area contributed by atoms with Crippen LogP contribution >= 0.6 is 11.8 Å². The number of rotatable bonds is 6. The summed E-state index contributed by atoms with van der Waals surface area (Å²) < 4.78 is 5.90. The molecule has 1 unspecified atom stereocenters. The fourth-order valence-corrected chi connectivity index (χ4v) is 4.43. The van der Waals surface area contributed by atoms with E-state index in [1.54, 1.807) is 18.2 Å². The van der Waals surface area contributed by atoms with E-state index in [9.17, 15) is 19.2 Å². The van der Waals surface area contributed by atoms with Gasteiger partial charge in [-0.15, -0.1) is 0 Å². The Hall–Kier alpha value is -2.35. The van der Waals surface area contributed by atoms with E-state index >= 15 is 0 Å². The lowest BCUT2D eigenvalue weighted by Crippen LogP contribution is -2.43. The van der Waals surface area contributed by atoms with Crippen LogP contribution in [0.1, 0.15) is 42.5 Å². The van der Waals surface area contributed by atoms with Crippen molar-refractivity contribution in [3.63, 3.8) is 0 Å². The molecule has 8 heteroatoms. The van der Waals surface area contributed by atoms with Crippen LogP contribution in [0.25, 0.3) is 0 Å². The van der Waals surface area contributed by atoms with Crippen LogP contribution in [0.4, 0.5) is 0 Å². The van der Waals surface area contributed by atoms with Crippen LogP contribution in [0, 0.1) is 11.8 Å². The summed E-state index contributed by atoms with van der Waals surface area (Å²) in [6.07, 6.45) is 5.78. The van der Waals surface area contributed by atoms with Gasteiger partial charge in [0.15, 0.2) is 11.7 Å². The topological polar surface area (TPSA) is 110 Å². The highest BCUT2D eigenvalue weighted by Gasteiger charge is 2.42. The first kappa shape index (κ1) is 19.4. The second-order valence-corrected chi connectivity index (χ2v) is 7.82. The van der Waals surface area contributed by atoms with Gasteiger partial charge in [0, 0.05) is 4.90 Å². The summed E-state index contributed by atoms with van der Waals surface area (Å²) in [6.45, 7) is -0.147. The van der Waals surface area contributed by atoms with E-state index < -0.39 is 35.2 Å². The molecule has 0 radical (unpaired) electrons. The van der Waals surface area contributed by atoms with Crippen molar-refractivity contribution >= 4 is 34.5 Å². The van der Waals surface area contributed by atoms with Crippen LogP contribution in [0.2, 0.25) is 0 Å². The first-order chi connectivity index (χ1) is 13.0. The third kappa shape index (κ3) is 4.50. The molecular formula is C19H21NO6S. The number of thioether (sulfide) groups is 1. The molecule has 27 heavy (non-hydrogen) atoms. The third-order valence-corrected chi connectivity index (χ3v) is 5.82. The Morgan fingerprint density at radius 1 is 1.19 bits per heavy atom. The van der Waals surface area contributed by atoms with Crippen LogP contribution in [0.15, 0.2) is 23.1 Å². The fourth-order valence-electron chi connectivity index (χ4n) is 3.43. The zero-order valence-electron chi connectivity index (χ0n) is 14.7. The number of Topliss-reactive ketones (excluding diaryl/α,β-unsaturated/α-hetero) is 1. The van der Waals surface area contributed by atoms with Crippen molar-refractivity contribution < 1.29 is 29.0 Å². The Bertz CT molecular complexity index is 771. The van der Waals surface area contributed by atoms with Gasteiger partial charge in [-0.05, 0) is 42.7 Å². The fraction of sp³-hybridized carbons (Fsp3) is 0.474. The standard InChI is InChI=1S/C19H21NO6S/c21-14(22)9-20-18(24)16-17(23)15-12(7-4-8-13(15)27-19(16)25)26-10-11-5-2-1-3-6-11/h4,7-8,11,16H,1-3,5-6,9-10H2,(H,20,24)(H,21,22). The van der Waals surface area contributed by atoms with Crippen LogP contribution < -0.4 is 10.1 Å². The van der Waals surface area contributed by atoms with Gasteiger partial charge in [0.2, 0.25) is 11.0 Å². The Kier molecular flexibility index (Phi) is 6.15. The van der Waals surface area contributed by atoms with E-state index in [2.05, 4.69) is 5.32 Å². The molecule has 0 spiro atoms. The first-order valence-electron chi connectivity index (χ1n) is 8.98. The van der Waals surface area contributed by atoms with Gasteiger partial charge < -0.3 is 15.2 Å². The minimum Gasteiger partial charge on any atom is -0.493 e. The van der Waals surface area contributed by atoms with Gasteiger partial charge in [0.25, 0.3) is 0 Å². The number of aliphatic carboxylic acids is 1. The Morgan fingerprint density at radius 3 is 2.63 bits per heavy atom. The average molecular weight is 391 g/mol. The molecule has 1 amide bonds. The maximum absolute atomic E-state index is 12.9. The molecule has 1 aromatic rings. The quantitative estimate of drug-likeness (QED) is 0.716. The second-order valence-electron chi connectivity index (χ2n) is 6.77. The normalized spacial score (nSPS) is 20.1. The van der Waals surface area contributed by atoms with Crippen molar-refractivity contribution in [3.05, 3.63) is 23.8 Å². The molecule has 7 nitrogen and oxygen atoms in total. The number of amides is 1. The number of benzene rings is 1. The lowest BCUT2D eigenvalue weighted by atomic mass is 9.90. The SMILES string of the molecule is O=C(O)CNC(=O)C1C(=O)Sc2cccc(OCC3CCCCC3)c2C1=O. The summed E-state index contributed by atoms with van der Waals surface area (Å²) in [4.78, 5) is 48.4. The predicted molar refractivity (Wildman–Crippen MR) is 97.8 cm³/mol. The minimum atomic E-state index is -1.55. The van der Waals surface area contributed by atoms with E-state index in [0.717, 1.165) is 24.6 Å². The monoisotopic (exact) mass is 391 g/mol. The van der Waals surface area contributed by atoms with Crippen molar-refractivity contribution in [2.24, 2.45) is 11.8 Å². The number of nitrogens with one attached hydrogen (secondary N) is 1. The number of hydrogen-bond donors (Lipinski definition) is 2. The summed E-state index contributed by atoms with van der Waals surface area (Å²) in [5.74, 6) is -3.52. The molecule has 1 atom stereocenters. The van der Waals surface area contributed by atoms with Crippen molar-refractivity contribution in [2.45, 2.75) is 37.0 Å². The van der Waals surface area contributed by atoms with Crippen molar-refractivity contribution in [2.75, 3.05) is 13.2 Å². The highest BCUT2D eigenvalue weighted by atomic mass is 32.2. The zero-order chi connectivity index (χ0) is 19.4. The number of hydrogen-bond acceptors (Lipinski definition) is 6. The molecule has 144 valence electrons. The number of carboxylic acid groups (broad SMARTS) is 1. The molecular weight excluding hydrogens is 370 g/mol. The van der Waals surface area contributed by atoms with Gasteiger partial charge in [-0.25, -0.2) is 0 Å². The summed E-state index contributed by atoms with van der Waals surface area (Å²) in [5.41, 5.74) is 0.230. The number of carboxylic acids is 1. The van der Waals surface area contributed by atoms with E-state index in [1.807, 2.05) is 0 Å². The van der Waals surface area contributed by atoms with Gasteiger partial charge in [0.1, 0.15) is 12.3 Å². The Morgan fingerprint density at radius 2 is 1.93 bits per heavy atom. The molecule has 0 saturated heterocycles. The largest absolute Gasteiger partial charge is 0.493 e. The van der Waals surface area contributed by atoms with Crippen molar-refractivity contribution in [1.82, 2.24) is 5.32 Å². The Balaban J connectivity index is 1.78. The average Bonchev–Trinajstić information content (AvgIpc) is 2.65. The van der Waals surface area contributed by atoms with Crippen LogP contribution in [0.3, 0.4) is 0 Å². The third-order valence-electron chi connectivity index (χ3n) is 4.82. The zero-order valence-corrected chi connectivity index (χ0v) is 15.5. The number of ether oxygens (including phenoxy) is 1. The molecule has 3 rings (SSSR count). The maximum atomic E-state index is 12.9. The number of fused-ring (bicyclic) bond motifs is 1. The molecule has 2 aliphatic rings. The highest BCUT2D eigenvalue weighted by molar-refractivity contribution is 8.14. The van der Waals surface area contributed by atoms with Gasteiger partial charge in [-0.1, -0.05) is 25.3 Å². The maximum Gasteiger partial charge on any atom is 0.322 e. The highest BCUT2D eigenvalue weighted by Crippen LogP contribution is 2.39. The predicted octanol–water partition coefficient (Wildman–Crippen LogP) is 2.28. The summed E-state index contributed by atoms with van der Waals surface area (Å²) in [6, 6.07) is 5.03. The Labute approximate surface area is 160 Å². The molecule has 1 aliphatic heterocycles. The van der Waals surface area contributed by atoms with Crippen LogP contribution in [-0.2, 0) is 14.4 Å². The number of ketones is 1. The van der Waals surface area contributed by atoms with E-state index in [1.165, 1.54) is 19.3 Å². The van der Waals surface area contributed by atoms with Gasteiger partial charge in [-0.3, -0.25) is 19.2 Å². The van der Waals surface area contributed by atoms with Crippen molar-refractivity contribution in [3.8, 4) is 5.75 Å². The molecule has 1 aliphatic carbocycles. The molecule has 1 heterocycles. The first-order valence-corrected chi connectivity index (χ1v) is 9.80. The van der Waals surface area contributed by atoms with Crippen molar-refractivity contribution in [1.29, 1.82) is 0 Å². The summed E-state index contributed by atoms with van der Waals surface area (Å²) >= 11 is 0.814. The molecule has 2 N–H and O–H groups in total. The molecule has 0 aromatic heterocycles. The lowest BCUT2D eigenvalue weighted by Gasteiger charge is -2.25. The summed E-state index contributed by atoms with van der Waals surface area (Å²) in [7, 11) is 0. The molecule has 1 fully saturated rings. The smallest absolute Gasteiger partial charge is 0.322 e. The van der Waals surface area contributed by atoms with Crippen LogP contribution in [-0.4, -0.2) is 41.0 Å². The van der Waals surface area contributed by atoms with E-state index in [0.29, 0.717) is 23.2 Å². The summed E-state index contributed by atoms with van der Waals surface area (Å²) in [5, 5.41) is 10.2. The molecule has 0 bridgehead atoms. The molecule has 1 aromatic carbocycles. The number of carbonyl (C=O) groups excluding carboxylic acids is 3. The lowest BCUT2D eigenvalue weighted by molar-refractivity contribution is -0.139. The number of carbonyl (C=O) groups is 4. The van der Waals surface area contributed by atoms with Crippen LogP contribution in [0.5, 0.6) is 5.75 Å². The molecule has 1 saturated carbocycles. The minimum absolute atomic E-state index is 0.230. The van der Waals surface area contributed by atoms with E-state index in [4.69, 9.17) is 9.84 Å². The van der Waals surface area contributed by atoms with Gasteiger partial charge in [-0.2, -0.15) is 0 Å².